The average Bonchev–Trinajstić information content (AvgIpc) is 2.33. The molecule has 1 saturated heterocycles. The molecular formula is C11H13ClN2O3. The summed E-state index contributed by atoms with van der Waals surface area (Å²) >= 11 is 5.97. The highest BCUT2D eigenvalue weighted by atomic mass is 35.5. The zero-order valence-electron chi connectivity index (χ0n) is 9.19. The van der Waals surface area contributed by atoms with Crippen LogP contribution in [-0.4, -0.2) is 30.2 Å². The number of nitrogens with zero attached hydrogens (tertiary/aromatic N) is 1. The van der Waals surface area contributed by atoms with Gasteiger partial charge in [0.05, 0.1) is 18.8 Å². The molecule has 2 rings (SSSR count). The fourth-order valence-corrected chi connectivity index (χ4v) is 1.81. The maximum atomic E-state index is 10.9. The van der Waals surface area contributed by atoms with Gasteiger partial charge in [0.2, 0.25) is 11.8 Å². The first-order chi connectivity index (χ1) is 8.16. The molecular weight excluding hydrogens is 244 g/mol. The molecule has 5 nitrogen and oxygen atoms in total. The fourth-order valence-electron chi connectivity index (χ4n) is 1.60. The minimum atomic E-state index is -0.558. The molecule has 1 amide bonds. The zero-order valence-corrected chi connectivity index (χ0v) is 9.94. The maximum absolute atomic E-state index is 10.9. The van der Waals surface area contributed by atoms with Gasteiger partial charge in [0.25, 0.3) is 0 Å². The number of primary amides is 1. The van der Waals surface area contributed by atoms with Crippen LogP contribution in [0.1, 0.15) is 23.2 Å². The van der Waals surface area contributed by atoms with Gasteiger partial charge < -0.3 is 15.2 Å². The lowest BCUT2D eigenvalue weighted by molar-refractivity contribution is 0.0238. The number of carbonyl (C=O) groups excluding carboxylic acids is 1. The summed E-state index contributed by atoms with van der Waals surface area (Å²) in [5.41, 5.74) is 5.39. The molecule has 0 aromatic carbocycles. The Hall–Kier alpha value is -1.33. The fraction of sp³-hybridized carbons (Fsp3) is 0.455. The molecule has 0 unspecified atom stereocenters. The quantitative estimate of drug-likeness (QED) is 0.887. The number of amides is 1. The molecule has 0 atom stereocenters. The van der Waals surface area contributed by atoms with Crippen LogP contribution in [0.3, 0.4) is 0 Å². The van der Waals surface area contributed by atoms with E-state index in [9.17, 15) is 4.79 Å². The molecule has 1 aliphatic heterocycles. The van der Waals surface area contributed by atoms with E-state index >= 15 is 0 Å². The van der Waals surface area contributed by atoms with Gasteiger partial charge in [-0.2, -0.15) is 0 Å². The van der Waals surface area contributed by atoms with Crippen molar-refractivity contribution in [3.05, 3.63) is 22.8 Å². The second kappa shape index (κ2) is 5.33. The summed E-state index contributed by atoms with van der Waals surface area (Å²) in [5.74, 6) is -0.222. The number of pyridine rings is 1. The van der Waals surface area contributed by atoms with Crippen LogP contribution in [-0.2, 0) is 4.74 Å². The molecule has 1 aromatic rings. The monoisotopic (exact) mass is 256 g/mol. The van der Waals surface area contributed by atoms with E-state index in [0.717, 1.165) is 12.8 Å². The maximum Gasteiger partial charge on any atom is 0.250 e. The van der Waals surface area contributed by atoms with E-state index in [1.807, 2.05) is 0 Å². The molecule has 0 spiro atoms. The molecule has 1 aromatic heterocycles. The molecule has 1 fully saturated rings. The summed E-state index contributed by atoms with van der Waals surface area (Å²) in [4.78, 5) is 14.9. The van der Waals surface area contributed by atoms with Crippen LogP contribution in [0.4, 0.5) is 0 Å². The normalized spacial score (nSPS) is 16.8. The third-order valence-corrected chi connectivity index (χ3v) is 2.81. The number of aromatic nitrogens is 1. The molecule has 2 N–H and O–H groups in total. The average molecular weight is 257 g/mol. The van der Waals surface area contributed by atoms with Crippen molar-refractivity contribution in [3.63, 3.8) is 0 Å². The van der Waals surface area contributed by atoms with Crippen LogP contribution >= 0.6 is 11.6 Å². The molecule has 17 heavy (non-hydrogen) atoms. The SMILES string of the molecule is NC(=O)c1cnc(OC2CCOCC2)c(Cl)c1. The molecule has 1 aliphatic rings. The summed E-state index contributed by atoms with van der Waals surface area (Å²) in [7, 11) is 0. The lowest BCUT2D eigenvalue weighted by Crippen LogP contribution is -2.26. The number of carbonyl (C=O) groups is 1. The first-order valence-electron chi connectivity index (χ1n) is 5.36. The lowest BCUT2D eigenvalue weighted by atomic mass is 10.1. The van der Waals surface area contributed by atoms with Crippen molar-refractivity contribution in [2.24, 2.45) is 5.73 Å². The topological polar surface area (TPSA) is 74.4 Å². The smallest absolute Gasteiger partial charge is 0.250 e. The molecule has 0 saturated carbocycles. The predicted molar refractivity (Wildman–Crippen MR) is 62.2 cm³/mol. The highest BCUT2D eigenvalue weighted by Gasteiger charge is 2.17. The molecule has 92 valence electrons. The molecule has 6 heteroatoms. The van der Waals surface area contributed by atoms with Gasteiger partial charge in [0, 0.05) is 19.0 Å². The van der Waals surface area contributed by atoms with Gasteiger partial charge in [-0.3, -0.25) is 4.79 Å². The van der Waals surface area contributed by atoms with Gasteiger partial charge in [-0.25, -0.2) is 4.98 Å². The standard InChI is InChI=1S/C11H13ClN2O3/c12-9-5-7(10(13)15)6-14-11(9)17-8-1-3-16-4-2-8/h5-6,8H,1-4H2,(H2,13,15). The zero-order chi connectivity index (χ0) is 12.3. The van der Waals surface area contributed by atoms with Crippen molar-refractivity contribution >= 4 is 17.5 Å². The van der Waals surface area contributed by atoms with Gasteiger partial charge in [0.1, 0.15) is 11.1 Å². The first kappa shape index (κ1) is 12.1. The van der Waals surface area contributed by atoms with Gasteiger partial charge in [0.15, 0.2) is 0 Å². The van der Waals surface area contributed by atoms with Crippen LogP contribution in [0.5, 0.6) is 5.88 Å². The third-order valence-electron chi connectivity index (χ3n) is 2.54. The van der Waals surface area contributed by atoms with E-state index in [1.54, 1.807) is 0 Å². The highest BCUT2D eigenvalue weighted by Crippen LogP contribution is 2.25. The van der Waals surface area contributed by atoms with Crippen LogP contribution in [0, 0.1) is 0 Å². The molecule has 2 heterocycles. The van der Waals surface area contributed by atoms with Crippen molar-refractivity contribution in [1.82, 2.24) is 4.98 Å². The van der Waals surface area contributed by atoms with E-state index < -0.39 is 5.91 Å². The largest absolute Gasteiger partial charge is 0.473 e. The molecule has 0 radical (unpaired) electrons. The summed E-state index contributed by atoms with van der Waals surface area (Å²) in [6.07, 6.45) is 3.06. The van der Waals surface area contributed by atoms with E-state index in [4.69, 9.17) is 26.8 Å². The van der Waals surface area contributed by atoms with Crippen LogP contribution in [0.2, 0.25) is 5.02 Å². The second-order valence-corrected chi connectivity index (χ2v) is 4.21. The van der Waals surface area contributed by atoms with Crippen LogP contribution in [0.25, 0.3) is 0 Å². The highest BCUT2D eigenvalue weighted by molar-refractivity contribution is 6.32. The van der Waals surface area contributed by atoms with Crippen molar-refractivity contribution in [2.75, 3.05) is 13.2 Å². The number of hydrogen-bond donors (Lipinski definition) is 1. The Morgan fingerprint density at radius 1 is 1.53 bits per heavy atom. The Kier molecular flexibility index (Phi) is 3.81. The van der Waals surface area contributed by atoms with Crippen LogP contribution in [0.15, 0.2) is 12.3 Å². The van der Waals surface area contributed by atoms with E-state index in [1.165, 1.54) is 12.3 Å². The summed E-state index contributed by atoms with van der Waals surface area (Å²) in [5, 5.41) is 0.299. The Morgan fingerprint density at radius 2 is 2.24 bits per heavy atom. The first-order valence-corrected chi connectivity index (χ1v) is 5.74. The third kappa shape index (κ3) is 3.08. The van der Waals surface area contributed by atoms with E-state index in [-0.39, 0.29) is 11.7 Å². The van der Waals surface area contributed by atoms with Crippen molar-refractivity contribution in [2.45, 2.75) is 18.9 Å². The van der Waals surface area contributed by atoms with Gasteiger partial charge in [-0.15, -0.1) is 0 Å². The number of ether oxygens (including phenoxy) is 2. The Morgan fingerprint density at radius 3 is 2.82 bits per heavy atom. The van der Waals surface area contributed by atoms with Crippen molar-refractivity contribution in [3.8, 4) is 5.88 Å². The molecule has 0 aliphatic carbocycles. The summed E-state index contributed by atoms with van der Waals surface area (Å²) < 4.78 is 10.9. The van der Waals surface area contributed by atoms with E-state index in [0.29, 0.717) is 24.1 Å². The lowest BCUT2D eigenvalue weighted by Gasteiger charge is -2.23. The van der Waals surface area contributed by atoms with Crippen molar-refractivity contribution in [1.29, 1.82) is 0 Å². The minimum Gasteiger partial charge on any atom is -0.473 e. The van der Waals surface area contributed by atoms with Gasteiger partial charge >= 0.3 is 0 Å². The Bertz CT molecular complexity index is 419. The number of halogens is 1. The summed E-state index contributed by atoms with van der Waals surface area (Å²) in [6, 6.07) is 1.46. The molecule has 0 bridgehead atoms. The van der Waals surface area contributed by atoms with Crippen molar-refractivity contribution < 1.29 is 14.3 Å². The van der Waals surface area contributed by atoms with Crippen LogP contribution < -0.4 is 10.5 Å². The van der Waals surface area contributed by atoms with E-state index in [2.05, 4.69) is 4.98 Å². The Labute approximate surface area is 104 Å². The second-order valence-electron chi connectivity index (χ2n) is 3.80. The predicted octanol–water partition coefficient (Wildman–Crippen LogP) is 1.39. The summed E-state index contributed by atoms with van der Waals surface area (Å²) in [6.45, 7) is 1.36. The number of hydrogen-bond acceptors (Lipinski definition) is 4. The van der Waals surface area contributed by atoms with Gasteiger partial charge in [-0.1, -0.05) is 11.6 Å². The number of nitrogens with two attached hydrogens (primary N) is 1. The Balaban J connectivity index is 2.08. The van der Waals surface area contributed by atoms with Gasteiger partial charge in [-0.05, 0) is 6.07 Å². The number of rotatable bonds is 3. The minimum absolute atomic E-state index is 0.0631.